The molecule has 7 nitrogen and oxygen atoms in total. The molecule has 0 spiro atoms. The van der Waals surface area contributed by atoms with Gasteiger partial charge in [-0.2, -0.15) is 0 Å². The molecule has 1 N–H and O–H groups in total. The molecule has 0 bridgehead atoms. The van der Waals surface area contributed by atoms with Gasteiger partial charge in [0, 0.05) is 5.56 Å². The van der Waals surface area contributed by atoms with Crippen LogP contribution in [0.25, 0.3) is 0 Å². The van der Waals surface area contributed by atoms with Gasteiger partial charge in [-0.05, 0) is 25.0 Å². The van der Waals surface area contributed by atoms with Crippen LogP contribution in [0.5, 0.6) is 0 Å². The molecule has 8 heteroatoms. The number of carbonyl (C=O) groups excluding carboxylic acids is 3. The second-order valence-electron chi connectivity index (χ2n) is 6.26. The summed E-state index contributed by atoms with van der Waals surface area (Å²) in [6.45, 7) is 3.95. The van der Waals surface area contributed by atoms with Crippen LogP contribution in [0.4, 0.5) is 5.00 Å². The molecule has 1 aromatic carbocycles. The fraction of sp³-hybridized carbons (Fsp3) is 0.350. The highest BCUT2D eigenvalue weighted by atomic mass is 32.1. The van der Waals surface area contributed by atoms with Gasteiger partial charge in [0.1, 0.15) is 9.88 Å². The SMILES string of the molecule is CCCCOC(=O)c1c(NC2OC(=O)c3ccccc32)sc(C(=O)OC)c1C. The van der Waals surface area contributed by atoms with Crippen LogP contribution in [0, 0.1) is 6.92 Å². The predicted molar refractivity (Wildman–Crippen MR) is 104 cm³/mol. The third-order valence-electron chi connectivity index (χ3n) is 4.40. The number of carbonyl (C=O) groups is 3. The second kappa shape index (κ2) is 8.43. The number of hydrogen-bond acceptors (Lipinski definition) is 8. The summed E-state index contributed by atoms with van der Waals surface area (Å²) in [7, 11) is 1.28. The maximum absolute atomic E-state index is 12.7. The Morgan fingerprint density at radius 3 is 2.71 bits per heavy atom. The average Bonchev–Trinajstić information content (AvgIpc) is 3.19. The number of thiophene rings is 1. The molecule has 2 heterocycles. The molecule has 1 unspecified atom stereocenters. The van der Waals surface area contributed by atoms with E-state index in [-0.39, 0.29) is 5.56 Å². The van der Waals surface area contributed by atoms with Crippen molar-refractivity contribution < 1.29 is 28.6 Å². The van der Waals surface area contributed by atoms with Gasteiger partial charge in [0.15, 0.2) is 0 Å². The Kier molecular flexibility index (Phi) is 5.99. The fourth-order valence-corrected chi connectivity index (χ4v) is 4.03. The highest BCUT2D eigenvalue weighted by Crippen LogP contribution is 2.39. The summed E-state index contributed by atoms with van der Waals surface area (Å²) in [6.07, 6.45) is 0.882. The first-order valence-electron chi connectivity index (χ1n) is 8.93. The molecular weight excluding hydrogens is 382 g/mol. The number of anilines is 1. The third-order valence-corrected chi connectivity index (χ3v) is 5.61. The van der Waals surface area contributed by atoms with Crippen molar-refractivity contribution in [3.05, 3.63) is 51.4 Å². The maximum Gasteiger partial charge on any atom is 0.348 e. The molecular formula is C20H21NO6S. The van der Waals surface area contributed by atoms with Crippen molar-refractivity contribution in [3.8, 4) is 0 Å². The van der Waals surface area contributed by atoms with Crippen molar-refractivity contribution >= 4 is 34.2 Å². The second-order valence-corrected chi connectivity index (χ2v) is 7.28. The van der Waals surface area contributed by atoms with E-state index >= 15 is 0 Å². The number of cyclic esters (lactones) is 1. The zero-order valence-electron chi connectivity index (χ0n) is 15.9. The van der Waals surface area contributed by atoms with Crippen molar-refractivity contribution in [1.29, 1.82) is 0 Å². The van der Waals surface area contributed by atoms with E-state index < -0.39 is 24.1 Å². The van der Waals surface area contributed by atoms with E-state index in [1.807, 2.05) is 6.92 Å². The first-order chi connectivity index (χ1) is 13.5. The summed E-state index contributed by atoms with van der Waals surface area (Å²) in [6, 6.07) is 7.01. The Balaban J connectivity index is 1.94. The number of esters is 3. The van der Waals surface area contributed by atoms with E-state index in [4.69, 9.17) is 14.2 Å². The Labute approximate surface area is 166 Å². The standard InChI is InChI=1S/C20H21NO6S/c1-4-5-10-26-19(23)14-11(2)15(20(24)25-3)28-17(14)21-16-12-8-6-7-9-13(12)18(22)27-16/h6-9,16,21H,4-5,10H2,1-3H3. The van der Waals surface area contributed by atoms with Crippen LogP contribution in [-0.2, 0) is 14.2 Å². The van der Waals surface area contributed by atoms with E-state index in [1.165, 1.54) is 7.11 Å². The first kappa shape index (κ1) is 19.9. The Morgan fingerprint density at radius 1 is 1.25 bits per heavy atom. The molecule has 0 saturated carbocycles. The summed E-state index contributed by atoms with van der Waals surface area (Å²) in [4.78, 5) is 37.1. The monoisotopic (exact) mass is 403 g/mol. The van der Waals surface area contributed by atoms with Gasteiger partial charge < -0.3 is 19.5 Å². The lowest BCUT2D eigenvalue weighted by atomic mass is 10.1. The van der Waals surface area contributed by atoms with Gasteiger partial charge in [-0.1, -0.05) is 31.5 Å². The molecule has 0 fully saturated rings. The molecule has 1 aliphatic heterocycles. The van der Waals surface area contributed by atoms with Gasteiger partial charge in [0.2, 0.25) is 6.23 Å². The summed E-state index contributed by atoms with van der Waals surface area (Å²) in [5, 5.41) is 3.47. The van der Waals surface area contributed by atoms with Gasteiger partial charge in [-0.3, -0.25) is 0 Å². The maximum atomic E-state index is 12.7. The Morgan fingerprint density at radius 2 is 2.00 bits per heavy atom. The van der Waals surface area contributed by atoms with Gasteiger partial charge in [0.05, 0.1) is 24.8 Å². The molecule has 2 aromatic rings. The summed E-state index contributed by atoms with van der Waals surface area (Å²) in [5.41, 5.74) is 1.86. The number of benzene rings is 1. The molecule has 1 aliphatic rings. The molecule has 0 aliphatic carbocycles. The number of nitrogens with one attached hydrogen (secondary N) is 1. The topological polar surface area (TPSA) is 90.9 Å². The minimum absolute atomic E-state index is 0.252. The van der Waals surface area contributed by atoms with Crippen molar-refractivity contribution in [2.75, 3.05) is 19.0 Å². The number of unbranched alkanes of at least 4 members (excludes halogenated alkanes) is 1. The highest BCUT2D eigenvalue weighted by Gasteiger charge is 2.33. The largest absolute Gasteiger partial charge is 0.465 e. The molecule has 0 amide bonds. The van der Waals surface area contributed by atoms with Crippen LogP contribution < -0.4 is 5.32 Å². The number of ether oxygens (including phenoxy) is 3. The molecule has 0 radical (unpaired) electrons. The van der Waals surface area contributed by atoms with Crippen LogP contribution in [0.3, 0.4) is 0 Å². The minimum atomic E-state index is -0.755. The summed E-state index contributed by atoms with van der Waals surface area (Å²) in [5.74, 6) is -1.51. The number of hydrogen-bond donors (Lipinski definition) is 1. The number of fused-ring (bicyclic) bond motifs is 1. The summed E-state index contributed by atoms with van der Waals surface area (Å²) >= 11 is 1.07. The number of rotatable bonds is 7. The normalized spacial score (nSPS) is 15.0. The molecule has 148 valence electrons. The van der Waals surface area contributed by atoms with Gasteiger partial charge in [-0.25, -0.2) is 14.4 Å². The average molecular weight is 403 g/mol. The Hall–Kier alpha value is -2.87. The van der Waals surface area contributed by atoms with E-state index in [9.17, 15) is 14.4 Å². The Bertz CT molecular complexity index is 919. The van der Waals surface area contributed by atoms with Crippen molar-refractivity contribution in [2.24, 2.45) is 0 Å². The van der Waals surface area contributed by atoms with Crippen LogP contribution in [-0.4, -0.2) is 31.6 Å². The van der Waals surface area contributed by atoms with E-state index in [1.54, 1.807) is 31.2 Å². The summed E-state index contributed by atoms with van der Waals surface area (Å²) < 4.78 is 15.5. The van der Waals surface area contributed by atoms with E-state index in [0.29, 0.717) is 33.2 Å². The third kappa shape index (κ3) is 3.73. The lowest BCUT2D eigenvalue weighted by Gasteiger charge is -2.14. The molecule has 3 rings (SSSR count). The van der Waals surface area contributed by atoms with Gasteiger partial charge >= 0.3 is 17.9 Å². The zero-order chi connectivity index (χ0) is 20.3. The van der Waals surface area contributed by atoms with Gasteiger partial charge in [-0.15, -0.1) is 11.3 Å². The lowest BCUT2D eigenvalue weighted by Crippen LogP contribution is -2.14. The first-order valence-corrected chi connectivity index (χ1v) is 9.74. The minimum Gasteiger partial charge on any atom is -0.465 e. The molecule has 1 atom stereocenters. The van der Waals surface area contributed by atoms with Crippen molar-refractivity contribution in [2.45, 2.75) is 32.9 Å². The van der Waals surface area contributed by atoms with Gasteiger partial charge in [0.25, 0.3) is 0 Å². The van der Waals surface area contributed by atoms with Crippen LogP contribution >= 0.6 is 11.3 Å². The highest BCUT2D eigenvalue weighted by molar-refractivity contribution is 7.18. The van der Waals surface area contributed by atoms with Crippen LogP contribution in [0.2, 0.25) is 0 Å². The molecule has 0 saturated heterocycles. The molecule has 28 heavy (non-hydrogen) atoms. The fourth-order valence-electron chi connectivity index (χ4n) is 2.90. The number of methoxy groups -OCH3 is 1. The van der Waals surface area contributed by atoms with Crippen LogP contribution in [0.1, 0.15) is 67.5 Å². The van der Waals surface area contributed by atoms with E-state index in [0.717, 1.165) is 24.2 Å². The molecule has 1 aromatic heterocycles. The van der Waals surface area contributed by atoms with Crippen LogP contribution in [0.15, 0.2) is 24.3 Å². The predicted octanol–water partition coefficient (Wildman–Crippen LogP) is 4.08. The van der Waals surface area contributed by atoms with E-state index in [2.05, 4.69) is 5.32 Å². The van der Waals surface area contributed by atoms with Crippen molar-refractivity contribution in [1.82, 2.24) is 0 Å². The lowest BCUT2D eigenvalue weighted by molar-refractivity contribution is 0.0437. The quantitative estimate of drug-likeness (QED) is 0.423. The smallest absolute Gasteiger partial charge is 0.348 e. The van der Waals surface area contributed by atoms with Crippen molar-refractivity contribution in [3.63, 3.8) is 0 Å². The zero-order valence-corrected chi connectivity index (χ0v) is 16.7.